The fourth-order valence-corrected chi connectivity index (χ4v) is 4.43. The zero-order chi connectivity index (χ0) is 26.0. The van der Waals surface area contributed by atoms with Gasteiger partial charge in [-0.25, -0.2) is 4.39 Å². The summed E-state index contributed by atoms with van der Waals surface area (Å²) in [4.78, 5) is 41.7. The van der Waals surface area contributed by atoms with Crippen LogP contribution in [0.5, 0.6) is 5.75 Å². The highest BCUT2D eigenvalue weighted by molar-refractivity contribution is 6.30. The summed E-state index contributed by atoms with van der Waals surface area (Å²) in [6, 6.07) is 13.5. The molecule has 0 saturated carbocycles. The van der Waals surface area contributed by atoms with Crippen LogP contribution in [0.1, 0.15) is 44.6 Å². The molecule has 9 heteroatoms. The second-order valence-corrected chi connectivity index (χ2v) is 8.90. The minimum absolute atomic E-state index is 0.0148. The maximum atomic E-state index is 13.7. The lowest BCUT2D eigenvalue weighted by Gasteiger charge is -2.33. The van der Waals surface area contributed by atoms with Gasteiger partial charge >= 0.3 is 0 Å². The molecule has 0 aliphatic carbocycles. The molecule has 3 aromatic rings. The highest BCUT2D eigenvalue weighted by Crippen LogP contribution is 2.29. The minimum Gasteiger partial charge on any atom is -0.483 e. The average Bonchev–Trinajstić information content (AvgIpc) is 2.86. The van der Waals surface area contributed by atoms with Crippen LogP contribution in [0.4, 0.5) is 4.39 Å². The maximum absolute atomic E-state index is 13.7. The molecule has 0 radical (unpaired) electrons. The summed E-state index contributed by atoms with van der Waals surface area (Å²) in [6.07, 6.45) is 0. The van der Waals surface area contributed by atoms with Gasteiger partial charge in [-0.15, -0.1) is 0 Å². The van der Waals surface area contributed by atoms with Crippen molar-refractivity contribution in [3.05, 3.63) is 104 Å². The van der Waals surface area contributed by atoms with E-state index < -0.39 is 23.1 Å². The number of carbonyl (C=O) groups is 2. The van der Waals surface area contributed by atoms with Crippen LogP contribution >= 0.6 is 11.6 Å². The number of halogens is 2. The first kappa shape index (κ1) is 25.2. The molecule has 7 nitrogen and oxygen atoms in total. The van der Waals surface area contributed by atoms with E-state index in [4.69, 9.17) is 16.3 Å². The number of pyridine rings is 1. The molecule has 1 N–H and O–H groups in total. The van der Waals surface area contributed by atoms with E-state index in [0.29, 0.717) is 11.1 Å². The lowest BCUT2D eigenvalue weighted by atomic mass is 10.0. The number of hydrogen-bond donors (Lipinski definition) is 1. The molecule has 1 aliphatic heterocycles. The lowest BCUT2D eigenvalue weighted by Crippen LogP contribution is -2.44. The van der Waals surface area contributed by atoms with Crippen molar-refractivity contribution in [2.45, 2.75) is 26.6 Å². The van der Waals surface area contributed by atoms with E-state index in [-0.39, 0.29) is 54.0 Å². The molecule has 2 aromatic carbocycles. The first-order valence-electron chi connectivity index (χ1n) is 11.3. The van der Waals surface area contributed by atoms with Crippen molar-refractivity contribution in [1.82, 2.24) is 14.8 Å². The number of nitrogens with one attached hydrogen (secondary N) is 1. The predicted octanol–water partition coefficient (Wildman–Crippen LogP) is 4.27. The zero-order valence-corrected chi connectivity index (χ0v) is 20.7. The Morgan fingerprint density at radius 3 is 2.50 bits per heavy atom. The number of amides is 2. The van der Waals surface area contributed by atoms with Crippen LogP contribution in [0.3, 0.4) is 0 Å². The molecule has 186 valence electrons. The molecule has 2 heterocycles. The Bertz CT molecular complexity index is 1420. The van der Waals surface area contributed by atoms with Crippen LogP contribution in [0, 0.1) is 5.82 Å². The molecular weight excluding hydrogens is 485 g/mol. The molecule has 0 unspecified atom stereocenters. The van der Waals surface area contributed by atoms with E-state index in [1.165, 1.54) is 28.6 Å². The Hall–Kier alpha value is -3.91. The molecule has 4 rings (SSSR count). The van der Waals surface area contributed by atoms with Gasteiger partial charge in [-0.05, 0) is 35.8 Å². The predicted molar refractivity (Wildman–Crippen MR) is 136 cm³/mol. The van der Waals surface area contributed by atoms with Gasteiger partial charge in [0.25, 0.3) is 11.8 Å². The van der Waals surface area contributed by atoms with E-state index >= 15 is 0 Å². The normalized spacial score (nSPS) is 12.8. The third-order valence-electron chi connectivity index (χ3n) is 5.96. The summed E-state index contributed by atoms with van der Waals surface area (Å²) in [7, 11) is 1.46. The second kappa shape index (κ2) is 10.4. The molecule has 0 fully saturated rings. The number of ether oxygens (including phenoxy) is 1. The van der Waals surface area contributed by atoms with E-state index in [0.717, 1.165) is 5.56 Å². The fourth-order valence-electron chi connectivity index (χ4n) is 4.23. The quantitative estimate of drug-likeness (QED) is 0.516. The summed E-state index contributed by atoms with van der Waals surface area (Å²) in [5.41, 5.74) is 1.39. The van der Waals surface area contributed by atoms with Crippen LogP contribution in [-0.2, 0) is 19.7 Å². The molecule has 0 saturated heterocycles. The van der Waals surface area contributed by atoms with Crippen LogP contribution < -0.4 is 15.5 Å². The van der Waals surface area contributed by atoms with Crippen molar-refractivity contribution in [3.63, 3.8) is 0 Å². The van der Waals surface area contributed by atoms with Crippen molar-refractivity contribution in [3.8, 4) is 5.75 Å². The lowest BCUT2D eigenvalue weighted by molar-refractivity contribution is 0.0676. The van der Waals surface area contributed by atoms with Crippen molar-refractivity contribution >= 4 is 29.0 Å². The minimum atomic E-state index is -0.580. The molecule has 0 atom stereocenters. The average molecular weight is 510 g/mol. The fraction of sp³-hybridized carbons (Fsp3) is 0.222. The van der Waals surface area contributed by atoms with Gasteiger partial charge in [-0.2, -0.15) is 0 Å². The van der Waals surface area contributed by atoms with E-state index in [2.05, 4.69) is 11.9 Å². The van der Waals surface area contributed by atoms with Crippen LogP contribution in [0.25, 0.3) is 5.57 Å². The molecule has 0 bridgehead atoms. The summed E-state index contributed by atoms with van der Waals surface area (Å²) in [5, 5.41) is 2.51. The summed E-state index contributed by atoms with van der Waals surface area (Å²) in [6.45, 7) is 6.21. The molecule has 0 spiro atoms. The Morgan fingerprint density at radius 2 is 1.86 bits per heavy atom. The van der Waals surface area contributed by atoms with Crippen LogP contribution in [0.2, 0.25) is 5.02 Å². The monoisotopic (exact) mass is 509 g/mol. The van der Waals surface area contributed by atoms with Gasteiger partial charge in [-0.3, -0.25) is 14.4 Å². The molecular formula is C27H25ClFN3O4. The number of aromatic nitrogens is 1. The Kier molecular flexibility index (Phi) is 7.26. The summed E-state index contributed by atoms with van der Waals surface area (Å²) in [5.74, 6) is -1.69. The smallest absolute Gasteiger partial charge is 0.274 e. The number of allylic oxidation sites excluding steroid dienone is 1. The topological polar surface area (TPSA) is 80.6 Å². The summed E-state index contributed by atoms with van der Waals surface area (Å²) < 4.78 is 21.1. The third-order valence-corrected chi connectivity index (χ3v) is 6.25. The number of hydrogen-bond acceptors (Lipinski definition) is 4. The highest BCUT2D eigenvalue weighted by atomic mass is 35.5. The van der Waals surface area contributed by atoms with Gasteiger partial charge in [0, 0.05) is 26.7 Å². The highest BCUT2D eigenvalue weighted by Gasteiger charge is 2.35. The maximum Gasteiger partial charge on any atom is 0.274 e. The van der Waals surface area contributed by atoms with Crippen molar-refractivity contribution in [2.75, 3.05) is 13.6 Å². The molecule has 36 heavy (non-hydrogen) atoms. The van der Waals surface area contributed by atoms with Gasteiger partial charge in [0.1, 0.15) is 18.1 Å². The standard InChI is InChI=1S/C27H25ClFN3O4/c1-16(2)21-22(26(34)30-3)32-12-11-31(14-18-9-10-20(29)19(28)13-18)27(35)23(32)25(24(21)33)36-15-17-7-5-4-6-8-17/h4-10,13H,1,11-12,14-15H2,2-3H3,(H,30,34). The first-order valence-corrected chi connectivity index (χ1v) is 11.7. The number of nitrogens with zero attached hydrogens (tertiary/aromatic N) is 2. The van der Waals surface area contributed by atoms with E-state index in [9.17, 15) is 18.8 Å². The third kappa shape index (κ3) is 4.77. The number of carbonyl (C=O) groups excluding carboxylic acids is 2. The van der Waals surface area contributed by atoms with Crippen molar-refractivity contribution < 1.29 is 18.7 Å². The van der Waals surface area contributed by atoms with Crippen molar-refractivity contribution in [1.29, 1.82) is 0 Å². The van der Waals surface area contributed by atoms with Crippen LogP contribution in [-0.4, -0.2) is 34.9 Å². The van der Waals surface area contributed by atoms with E-state index in [1.54, 1.807) is 13.0 Å². The van der Waals surface area contributed by atoms with Gasteiger partial charge in [0.05, 0.1) is 10.6 Å². The van der Waals surface area contributed by atoms with Crippen LogP contribution in [0.15, 0.2) is 59.9 Å². The molecule has 1 aliphatic rings. The van der Waals surface area contributed by atoms with Crippen molar-refractivity contribution in [2.24, 2.45) is 0 Å². The largest absolute Gasteiger partial charge is 0.483 e. The number of benzene rings is 2. The number of rotatable bonds is 7. The SMILES string of the molecule is C=C(C)c1c(C(=O)NC)n2c(c(OCc3ccccc3)c1=O)C(=O)N(Cc1ccc(F)c(Cl)c1)CC2. The number of fused-ring (bicyclic) bond motifs is 1. The Balaban J connectivity index is 1.84. The van der Waals surface area contributed by atoms with Gasteiger partial charge < -0.3 is 19.5 Å². The first-order chi connectivity index (χ1) is 17.2. The Labute approximate surface area is 212 Å². The van der Waals surface area contributed by atoms with E-state index in [1.807, 2.05) is 30.3 Å². The molecule has 2 amide bonds. The summed E-state index contributed by atoms with van der Waals surface area (Å²) >= 11 is 5.92. The van der Waals surface area contributed by atoms with Gasteiger partial charge in [0.15, 0.2) is 11.4 Å². The second-order valence-electron chi connectivity index (χ2n) is 8.49. The van der Waals surface area contributed by atoms with Gasteiger partial charge in [0.2, 0.25) is 5.43 Å². The molecule has 1 aromatic heterocycles. The Morgan fingerprint density at radius 1 is 1.14 bits per heavy atom. The zero-order valence-electron chi connectivity index (χ0n) is 19.9. The van der Waals surface area contributed by atoms with Gasteiger partial charge in [-0.1, -0.05) is 54.6 Å².